The number of amides is 2. The van der Waals surface area contributed by atoms with Crippen molar-refractivity contribution in [3.8, 4) is 0 Å². The van der Waals surface area contributed by atoms with Gasteiger partial charge in [-0.15, -0.1) is 0 Å². The first-order chi connectivity index (χ1) is 10.8. The van der Waals surface area contributed by atoms with Crippen LogP contribution in [0.2, 0.25) is 0 Å². The maximum absolute atomic E-state index is 12.6. The highest BCUT2D eigenvalue weighted by molar-refractivity contribution is 7.08. The summed E-state index contributed by atoms with van der Waals surface area (Å²) in [7, 11) is 0. The molecule has 2 aromatic heterocycles. The van der Waals surface area contributed by atoms with E-state index in [1.165, 1.54) is 12.4 Å². The summed E-state index contributed by atoms with van der Waals surface area (Å²) in [4.78, 5) is 28.7. The predicted octanol–water partition coefficient (Wildman–Crippen LogP) is 1.56. The summed E-state index contributed by atoms with van der Waals surface area (Å²) in [5, 5.41) is 11.4. The second-order valence-electron chi connectivity index (χ2n) is 5.50. The fourth-order valence-corrected chi connectivity index (χ4v) is 4.04. The molecule has 2 aromatic rings. The van der Waals surface area contributed by atoms with Gasteiger partial charge in [0.15, 0.2) is 0 Å². The maximum atomic E-state index is 12.6. The third kappa shape index (κ3) is 2.00. The highest BCUT2D eigenvalue weighted by Gasteiger charge is 2.49. The number of hydrogen-bond acceptors (Lipinski definition) is 5. The van der Waals surface area contributed by atoms with Crippen molar-refractivity contribution in [1.82, 2.24) is 15.1 Å². The van der Waals surface area contributed by atoms with Gasteiger partial charge in [-0.25, -0.2) is 0 Å². The second kappa shape index (κ2) is 5.17. The van der Waals surface area contributed by atoms with Crippen LogP contribution in [-0.2, 0) is 4.79 Å². The molecule has 2 aliphatic rings. The Hall–Kier alpha value is -2.28. The number of carbonyl (C=O) groups is 2. The van der Waals surface area contributed by atoms with Crippen molar-refractivity contribution in [2.45, 2.75) is 24.9 Å². The van der Waals surface area contributed by atoms with Crippen LogP contribution in [0, 0.1) is 0 Å². The Morgan fingerprint density at radius 2 is 2.18 bits per heavy atom. The van der Waals surface area contributed by atoms with Gasteiger partial charge in [0, 0.05) is 18.3 Å². The van der Waals surface area contributed by atoms with Crippen molar-refractivity contribution >= 4 is 28.8 Å². The van der Waals surface area contributed by atoms with Crippen molar-refractivity contribution < 1.29 is 9.59 Å². The zero-order chi connectivity index (χ0) is 15.1. The molecule has 22 heavy (non-hydrogen) atoms. The van der Waals surface area contributed by atoms with E-state index in [9.17, 15) is 9.59 Å². The van der Waals surface area contributed by atoms with Gasteiger partial charge in [-0.1, -0.05) is 0 Å². The monoisotopic (exact) mass is 314 g/mol. The molecule has 4 rings (SSSR count). The normalized spacial score (nSPS) is 23.9. The fourth-order valence-electron chi connectivity index (χ4n) is 3.41. The van der Waals surface area contributed by atoms with E-state index < -0.39 is 0 Å². The zero-order valence-corrected chi connectivity index (χ0v) is 12.6. The fraction of sp³-hybridized carbons (Fsp3) is 0.333. The Labute approximate surface area is 131 Å². The van der Waals surface area contributed by atoms with E-state index in [2.05, 4.69) is 10.2 Å². The van der Waals surface area contributed by atoms with Crippen LogP contribution in [0.15, 0.2) is 35.3 Å². The average Bonchev–Trinajstić information content (AvgIpc) is 3.24. The molecule has 0 aliphatic carbocycles. The molecule has 2 atom stereocenters. The van der Waals surface area contributed by atoms with Crippen molar-refractivity contribution in [3.05, 3.63) is 40.8 Å². The molecule has 2 amide bonds. The molecule has 7 heteroatoms. The van der Waals surface area contributed by atoms with Gasteiger partial charge in [0.25, 0.3) is 5.91 Å². The third-order valence-corrected chi connectivity index (χ3v) is 5.04. The van der Waals surface area contributed by atoms with Crippen LogP contribution in [0.4, 0.5) is 5.69 Å². The average molecular weight is 314 g/mol. The van der Waals surface area contributed by atoms with Gasteiger partial charge in [0.2, 0.25) is 5.91 Å². The Morgan fingerprint density at radius 1 is 1.27 bits per heavy atom. The third-order valence-electron chi connectivity index (χ3n) is 4.37. The first-order valence-electron chi connectivity index (χ1n) is 7.17. The Balaban J connectivity index is 1.60. The van der Waals surface area contributed by atoms with E-state index in [-0.39, 0.29) is 23.9 Å². The Morgan fingerprint density at radius 3 is 2.91 bits per heavy atom. The lowest BCUT2D eigenvalue weighted by molar-refractivity contribution is -0.117. The first kappa shape index (κ1) is 13.4. The molecule has 0 aromatic carbocycles. The van der Waals surface area contributed by atoms with E-state index in [1.807, 2.05) is 26.6 Å². The summed E-state index contributed by atoms with van der Waals surface area (Å²) in [6.45, 7) is 0.671. The molecule has 0 spiro atoms. The number of thiophene rings is 1. The summed E-state index contributed by atoms with van der Waals surface area (Å²) < 4.78 is 0. The van der Waals surface area contributed by atoms with Crippen LogP contribution in [0.25, 0.3) is 0 Å². The number of anilines is 1. The number of likely N-dealkylation sites (tertiary alicyclic amines) is 1. The van der Waals surface area contributed by atoms with Gasteiger partial charge < -0.3 is 9.80 Å². The van der Waals surface area contributed by atoms with Gasteiger partial charge >= 0.3 is 0 Å². The zero-order valence-electron chi connectivity index (χ0n) is 11.8. The van der Waals surface area contributed by atoms with Crippen LogP contribution in [0.3, 0.4) is 0 Å². The van der Waals surface area contributed by atoms with E-state index >= 15 is 0 Å². The van der Waals surface area contributed by atoms with Crippen LogP contribution < -0.4 is 4.90 Å². The van der Waals surface area contributed by atoms with E-state index in [0.717, 1.165) is 12.1 Å². The molecule has 112 valence electrons. The molecular formula is C15H14N4O2S. The summed E-state index contributed by atoms with van der Waals surface area (Å²) in [6, 6.07) is 3.66. The quantitative estimate of drug-likeness (QED) is 0.844. The maximum Gasteiger partial charge on any atom is 0.255 e. The van der Waals surface area contributed by atoms with Crippen LogP contribution in [-0.4, -0.2) is 45.5 Å². The molecule has 0 saturated carbocycles. The number of rotatable bonds is 2. The van der Waals surface area contributed by atoms with E-state index in [4.69, 9.17) is 0 Å². The number of nitrogens with zero attached hydrogens (tertiary/aromatic N) is 4. The van der Waals surface area contributed by atoms with Gasteiger partial charge in [-0.2, -0.15) is 21.5 Å². The van der Waals surface area contributed by atoms with Crippen molar-refractivity contribution in [1.29, 1.82) is 0 Å². The lowest BCUT2D eigenvalue weighted by Gasteiger charge is -2.24. The van der Waals surface area contributed by atoms with Crippen molar-refractivity contribution in [3.63, 3.8) is 0 Å². The van der Waals surface area contributed by atoms with Gasteiger partial charge in [0.05, 0.1) is 35.7 Å². The number of hydrogen-bond donors (Lipinski definition) is 0. The Kier molecular flexibility index (Phi) is 3.15. The molecule has 2 aliphatic heterocycles. The second-order valence-corrected chi connectivity index (χ2v) is 6.28. The SMILES string of the molecule is O=C(c1ccnnc1)N1CC[C@@H]2[C@@H]1CC(=O)N2c1ccsc1. The summed E-state index contributed by atoms with van der Waals surface area (Å²) in [5.74, 6) is 0.0288. The minimum atomic E-state index is -0.0673. The molecule has 0 N–H and O–H groups in total. The standard InChI is InChI=1S/C15H14N4O2S/c20-14-7-13-12(19(14)11-3-6-22-9-11)2-5-18(13)15(21)10-1-4-16-17-8-10/h1,3-4,6,8-9,12-13H,2,5,7H2/t12-,13+/m1/s1. The van der Waals surface area contributed by atoms with Crippen molar-refractivity contribution in [2.24, 2.45) is 0 Å². The molecule has 2 saturated heterocycles. The van der Waals surface area contributed by atoms with E-state index in [0.29, 0.717) is 18.5 Å². The number of carbonyl (C=O) groups excluding carboxylic acids is 2. The molecule has 0 unspecified atom stereocenters. The van der Waals surface area contributed by atoms with E-state index in [1.54, 1.807) is 17.4 Å². The van der Waals surface area contributed by atoms with Crippen molar-refractivity contribution in [2.75, 3.05) is 11.4 Å². The molecule has 6 nitrogen and oxygen atoms in total. The topological polar surface area (TPSA) is 66.4 Å². The Bertz CT molecular complexity index is 704. The van der Waals surface area contributed by atoms with Gasteiger partial charge in [-0.3, -0.25) is 9.59 Å². The molecule has 0 bridgehead atoms. The molecule has 0 radical (unpaired) electrons. The van der Waals surface area contributed by atoms with Gasteiger partial charge in [-0.05, 0) is 23.9 Å². The predicted molar refractivity (Wildman–Crippen MR) is 81.7 cm³/mol. The smallest absolute Gasteiger partial charge is 0.255 e. The highest BCUT2D eigenvalue weighted by atomic mass is 32.1. The van der Waals surface area contributed by atoms with Crippen LogP contribution in [0.5, 0.6) is 0 Å². The molecular weight excluding hydrogens is 300 g/mol. The minimum Gasteiger partial charge on any atom is -0.333 e. The highest BCUT2D eigenvalue weighted by Crippen LogP contribution is 2.37. The molecule has 4 heterocycles. The van der Waals surface area contributed by atoms with Crippen LogP contribution in [0.1, 0.15) is 23.2 Å². The lowest BCUT2D eigenvalue weighted by atomic mass is 10.1. The number of fused-ring (bicyclic) bond motifs is 1. The first-order valence-corrected chi connectivity index (χ1v) is 8.12. The summed E-state index contributed by atoms with van der Waals surface area (Å²) >= 11 is 1.58. The van der Waals surface area contributed by atoms with Crippen LogP contribution >= 0.6 is 11.3 Å². The van der Waals surface area contributed by atoms with Gasteiger partial charge in [0.1, 0.15) is 0 Å². The lowest BCUT2D eigenvalue weighted by Crippen LogP contribution is -2.40. The molecule has 2 fully saturated rings. The largest absolute Gasteiger partial charge is 0.333 e. The number of aromatic nitrogens is 2. The minimum absolute atomic E-state index is 0.0481. The summed E-state index contributed by atoms with van der Waals surface area (Å²) in [5.41, 5.74) is 1.47. The summed E-state index contributed by atoms with van der Waals surface area (Å²) in [6.07, 6.45) is 4.20.